The maximum Gasteiger partial charge on any atom is 0.305 e. The monoisotopic (exact) mass is 305 g/mol. The summed E-state index contributed by atoms with van der Waals surface area (Å²) >= 11 is 9.22. The molecule has 16 heavy (non-hydrogen) atoms. The number of carbonyl (C=O) groups is 1. The minimum atomic E-state index is -0.183. The number of anilines is 1. The zero-order valence-electron chi connectivity index (χ0n) is 8.93. The van der Waals surface area contributed by atoms with Gasteiger partial charge in [-0.15, -0.1) is 0 Å². The number of ether oxygens (including phenoxy) is 1. The number of hydrogen-bond acceptors (Lipinski definition) is 3. The fraction of sp³-hybridized carbons (Fsp3) is 0.364. The van der Waals surface area contributed by atoms with E-state index in [9.17, 15) is 4.79 Å². The number of methoxy groups -OCH3 is 1. The van der Waals surface area contributed by atoms with Crippen LogP contribution >= 0.6 is 27.5 Å². The van der Waals surface area contributed by atoms with Crippen LogP contribution < -0.4 is 5.32 Å². The van der Waals surface area contributed by atoms with Crippen LogP contribution in [0.3, 0.4) is 0 Å². The standard InChI is InChI=1S/C11H13BrClNO2/c1-16-11(15)3-2-6-14-10-5-4-8(13)7-9(10)12/h4-5,7,14H,2-3,6H2,1H3. The van der Waals surface area contributed by atoms with Crippen LogP contribution in [0.2, 0.25) is 5.02 Å². The molecular weight excluding hydrogens is 293 g/mol. The zero-order valence-corrected chi connectivity index (χ0v) is 11.3. The Labute approximate surface area is 108 Å². The molecule has 0 fully saturated rings. The largest absolute Gasteiger partial charge is 0.469 e. The Hall–Kier alpha value is -0.740. The summed E-state index contributed by atoms with van der Waals surface area (Å²) in [4.78, 5) is 10.9. The Morgan fingerprint density at radius 1 is 1.56 bits per heavy atom. The number of hydrogen-bond donors (Lipinski definition) is 1. The van der Waals surface area contributed by atoms with Gasteiger partial charge in [0.2, 0.25) is 0 Å². The van der Waals surface area contributed by atoms with Crippen LogP contribution in [0.1, 0.15) is 12.8 Å². The van der Waals surface area contributed by atoms with E-state index in [1.165, 1.54) is 7.11 Å². The van der Waals surface area contributed by atoms with Crippen molar-refractivity contribution in [2.45, 2.75) is 12.8 Å². The average Bonchev–Trinajstić information content (AvgIpc) is 2.26. The third kappa shape index (κ3) is 4.41. The molecule has 1 aromatic carbocycles. The third-order valence-electron chi connectivity index (χ3n) is 2.03. The quantitative estimate of drug-likeness (QED) is 0.669. The Morgan fingerprint density at radius 2 is 2.31 bits per heavy atom. The number of nitrogens with one attached hydrogen (secondary N) is 1. The van der Waals surface area contributed by atoms with Crippen LogP contribution in [0, 0.1) is 0 Å². The van der Waals surface area contributed by atoms with Crippen molar-refractivity contribution in [1.82, 2.24) is 0 Å². The van der Waals surface area contributed by atoms with E-state index >= 15 is 0 Å². The van der Waals surface area contributed by atoms with Crippen LogP contribution in [-0.2, 0) is 9.53 Å². The molecule has 88 valence electrons. The fourth-order valence-corrected chi connectivity index (χ4v) is 2.01. The van der Waals surface area contributed by atoms with Crippen LogP contribution in [0.4, 0.5) is 5.69 Å². The Kier molecular flexibility index (Phi) is 5.63. The van der Waals surface area contributed by atoms with Gasteiger partial charge in [-0.2, -0.15) is 0 Å². The predicted octanol–water partition coefficient (Wildman–Crippen LogP) is 3.47. The molecule has 0 aliphatic heterocycles. The van der Waals surface area contributed by atoms with Gasteiger partial charge < -0.3 is 10.1 Å². The first-order valence-corrected chi connectivity index (χ1v) is 6.06. The lowest BCUT2D eigenvalue weighted by Crippen LogP contribution is -2.06. The van der Waals surface area contributed by atoms with Crippen molar-refractivity contribution < 1.29 is 9.53 Å². The summed E-state index contributed by atoms with van der Waals surface area (Å²) in [6.45, 7) is 0.718. The molecule has 0 saturated heterocycles. The van der Waals surface area contributed by atoms with Crippen molar-refractivity contribution in [3.05, 3.63) is 27.7 Å². The van der Waals surface area contributed by atoms with Gasteiger partial charge in [0.25, 0.3) is 0 Å². The van der Waals surface area contributed by atoms with Gasteiger partial charge in [0.15, 0.2) is 0 Å². The average molecular weight is 307 g/mol. The van der Waals surface area contributed by atoms with Gasteiger partial charge in [-0.05, 0) is 40.5 Å². The maximum atomic E-state index is 10.9. The normalized spacial score (nSPS) is 9.94. The predicted molar refractivity (Wildman–Crippen MR) is 68.9 cm³/mol. The summed E-state index contributed by atoms with van der Waals surface area (Å²) < 4.78 is 5.46. The molecule has 1 aromatic rings. The summed E-state index contributed by atoms with van der Waals surface area (Å²) in [6, 6.07) is 5.53. The second kappa shape index (κ2) is 6.76. The second-order valence-corrected chi connectivity index (χ2v) is 4.52. The molecule has 0 heterocycles. The van der Waals surface area contributed by atoms with E-state index < -0.39 is 0 Å². The molecule has 1 N–H and O–H groups in total. The Morgan fingerprint density at radius 3 is 2.94 bits per heavy atom. The highest BCUT2D eigenvalue weighted by atomic mass is 79.9. The van der Waals surface area contributed by atoms with E-state index in [-0.39, 0.29) is 5.97 Å². The Bertz CT molecular complexity index is 371. The molecule has 3 nitrogen and oxygen atoms in total. The molecule has 0 bridgehead atoms. The van der Waals surface area contributed by atoms with Crippen molar-refractivity contribution in [2.24, 2.45) is 0 Å². The molecule has 0 saturated carbocycles. The minimum absolute atomic E-state index is 0.183. The molecule has 0 atom stereocenters. The molecule has 0 radical (unpaired) electrons. The van der Waals surface area contributed by atoms with Gasteiger partial charge in [-0.3, -0.25) is 4.79 Å². The van der Waals surface area contributed by atoms with Gasteiger partial charge in [0.05, 0.1) is 7.11 Å². The molecule has 0 amide bonds. The van der Waals surface area contributed by atoms with E-state index in [0.29, 0.717) is 11.4 Å². The molecule has 0 aliphatic rings. The third-order valence-corrected chi connectivity index (χ3v) is 2.92. The minimum Gasteiger partial charge on any atom is -0.469 e. The van der Waals surface area contributed by atoms with E-state index in [0.717, 1.165) is 23.1 Å². The van der Waals surface area contributed by atoms with Crippen LogP contribution in [0.15, 0.2) is 22.7 Å². The zero-order chi connectivity index (χ0) is 12.0. The van der Waals surface area contributed by atoms with E-state index in [1.807, 2.05) is 18.2 Å². The molecule has 0 spiro atoms. The number of esters is 1. The van der Waals surface area contributed by atoms with E-state index in [2.05, 4.69) is 26.0 Å². The Balaban J connectivity index is 2.35. The van der Waals surface area contributed by atoms with Gasteiger partial charge in [0, 0.05) is 28.1 Å². The highest BCUT2D eigenvalue weighted by molar-refractivity contribution is 9.10. The van der Waals surface area contributed by atoms with Crippen molar-refractivity contribution in [2.75, 3.05) is 19.0 Å². The summed E-state index contributed by atoms with van der Waals surface area (Å²) in [6.07, 6.45) is 1.16. The van der Waals surface area contributed by atoms with Gasteiger partial charge in [0.1, 0.15) is 0 Å². The van der Waals surface area contributed by atoms with Crippen LogP contribution in [0.5, 0.6) is 0 Å². The summed E-state index contributed by atoms with van der Waals surface area (Å²) in [5.41, 5.74) is 0.967. The SMILES string of the molecule is COC(=O)CCCNc1ccc(Cl)cc1Br. The lowest BCUT2D eigenvalue weighted by atomic mass is 10.3. The van der Waals surface area contributed by atoms with Gasteiger partial charge in [-0.1, -0.05) is 11.6 Å². The van der Waals surface area contributed by atoms with E-state index in [1.54, 1.807) is 0 Å². The number of halogens is 2. The first-order valence-electron chi connectivity index (χ1n) is 4.89. The van der Waals surface area contributed by atoms with Gasteiger partial charge in [-0.25, -0.2) is 0 Å². The summed E-state index contributed by atoms with van der Waals surface area (Å²) in [5, 5.41) is 3.89. The first kappa shape index (κ1) is 13.3. The molecular formula is C11H13BrClNO2. The van der Waals surface area contributed by atoms with Gasteiger partial charge >= 0.3 is 5.97 Å². The summed E-state index contributed by atoms with van der Waals surface area (Å²) in [5.74, 6) is -0.183. The molecule has 0 aliphatic carbocycles. The lowest BCUT2D eigenvalue weighted by molar-refractivity contribution is -0.140. The highest BCUT2D eigenvalue weighted by Gasteiger charge is 2.02. The summed E-state index contributed by atoms with van der Waals surface area (Å²) in [7, 11) is 1.39. The number of rotatable bonds is 5. The topological polar surface area (TPSA) is 38.3 Å². The van der Waals surface area contributed by atoms with Crippen LogP contribution in [0.25, 0.3) is 0 Å². The lowest BCUT2D eigenvalue weighted by Gasteiger charge is -2.08. The molecule has 0 unspecified atom stereocenters. The molecule has 5 heteroatoms. The number of benzene rings is 1. The van der Waals surface area contributed by atoms with Crippen molar-refractivity contribution in [3.63, 3.8) is 0 Å². The van der Waals surface area contributed by atoms with Crippen molar-refractivity contribution >= 4 is 39.2 Å². The first-order chi connectivity index (χ1) is 7.63. The fourth-order valence-electron chi connectivity index (χ4n) is 1.19. The molecule has 1 rings (SSSR count). The second-order valence-electron chi connectivity index (χ2n) is 3.23. The maximum absolute atomic E-state index is 10.9. The van der Waals surface area contributed by atoms with E-state index in [4.69, 9.17) is 11.6 Å². The molecule has 0 aromatic heterocycles. The van der Waals surface area contributed by atoms with Crippen LogP contribution in [-0.4, -0.2) is 19.6 Å². The van der Waals surface area contributed by atoms with Crippen molar-refractivity contribution in [3.8, 4) is 0 Å². The highest BCUT2D eigenvalue weighted by Crippen LogP contribution is 2.25. The van der Waals surface area contributed by atoms with Crippen molar-refractivity contribution in [1.29, 1.82) is 0 Å². The number of carbonyl (C=O) groups excluding carboxylic acids is 1. The smallest absolute Gasteiger partial charge is 0.305 e.